The molecule has 1 aromatic rings. The zero-order valence-electron chi connectivity index (χ0n) is 18.2. The van der Waals surface area contributed by atoms with E-state index in [1.165, 1.54) is 18.6 Å². The van der Waals surface area contributed by atoms with Crippen molar-refractivity contribution in [1.82, 2.24) is 14.7 Å². The Labute approximate surface area is 199 Å². The highest BCUT2D eigenvalue weighted by Crippen LogP contribution is 2.32. The highest BCUT2D eigenvalue weighted by molar-refractivity contribution is 7.89. The number of halogens is 4. The summed E-state index contributed by atoms with van der Waals surface area (Å²) in [6.07, 6.45) is -1.75. The third-order valence-electron chi connectivity index (χ3n) is 5.18. The minimum atomic E-state index is -4.61. The number of nitrogens with zero attached hydrogens (tertiary/aromatic N) is 3. The van der Waals surface area contributed by atoms with Gasteiger partial charge in [0.2, 0.25) is 16.0 Å². The molecule has 0 amide bonds. The summed E-state index contributed by atoms with van der Waals surface area (Å²) < 4.78 is 76.4. The average Bonchev–Trinajstić information content (AvgIpc) is 3.32. The van der Waals surface area contributed by atoms with Crippen molar-refractivity contribution >= 4 is 39.6 Å². The van der Waals surface area contributed by atoms with Gasteiger partial charge in [0.05, 0.1) is 48.9 Å². The summed E-state index contributed by atoms with van der Waals surface area (Å²) in [5, 5.41) is 6.19. The van der Waals surface area contributed by atoms with Gasteiger partial charge in [-0.2, -0.15) is 18.2 Å². The first kappa shape index (κ1) is 26.4. The molecule has 2 fully saturated rings. The Morgan fingerprint density at radius 2 is 2.00 bits per heavy atom. The zero-order chi connectivity index (χ0) is 25.1. The quantitative estimate of drug-likeness (QED) is 0.346. The Morgan fingerprint density at radius 3 is 2.62 bits per heavy atom. The molecule has 11 nitrogen and oxygen atoms in total. The molecule has 34 heavy (non-hydrogen) atoms. The number of ether oxygens (including phenoxy) is 2. The molecule has 0 radical (unpaired) electrons. The van der Waals surface area contributed by atoms with Crippen LogP contribution in [-0.4, -0.2) is 81.1 Å². The monoisotopic (exact) mass is 527 g/mol. The molecule has 5 atom stereocenters. The van der Waals surface area contributed by atoms with Crippen molar-refractivity contribution in [3.8, 4) is 0 Å². The van der Waals surface area contributed by atoms with Gasteiger partial charge in [-0.3, -0.25) is 4.99 Å². The second-order valence-corrected chi connectivity index (χ2v) is 10.0. The average molecular weight is 528 g/mol. The van der Waals surface area contributed by atoms with Crippen LogP contribution in [0.3, 0.4) is 0 Å². The molecule has 3 heterocycles. The highest BCUT2D eigenvalue weighted by atomic mass is 35.5. The molecule has 5 unspecified atom stereocenters. The fourth-order valence-corrected chi connectivity index (χ4v) is 5.27. The Kier molecular flexibility index (Phi) is 8.23. The number of rotatable bonds is 9. The van der Waals surface area contributed by atoms with Crippen LogP contribution in [0.1, 0.15) is 6.92 Å². The molecule has 0 spiro atoms. The standard InChI is InChI=1S/C18H25ClF3N7O4S/c1-9(18(20,21)22)8-34(30,31)29-13-7-33-14-12(6-32-15(13)14)27-16-11(19)5-25-17(28-16)26-10(3-23)4-24-2/h3-5,9,12-15,29H,6-8,23H2,1-2H3,(H2,25,26,27,28). The van der Waals surface area contributed by atoms with E-state index in [9.17, 15) is 21.6 Å². The lowest BCUT2D eigenvalue weighted by Gasteiger charge is -2.20. The first-order chi connectivity index (χ1) is 15.9. The minimum absolute atomic E-state index is 0.0571. The zero-order valence-corrected chi connectivity index (χ0v) is 19.8. The fraction of sp³-hybridized carbons (Fsp3) is 0.611. The topological polar surface area (TPSA) is 153 Å². The van der Waals surface area contributed by atoms with Gasteiger partial charge >= 0.3 is 6.18 Å². The Hall–Kier alpha value is -2.20. The van der Waals surface area contributed by atoms with Gasteiger partial charge < -0.3 is 25.8 Å². The van der Waals surface area contributed by atoms with E-state index in [4.69, 9.17) is 26.8 Å². The van der Waals surface area contributed by atoms with Gasteiger partial charge in [0.15, 0.2) is 5.82 Å². The first-order valence-electron chi connectivity index (χ1n) is 10.1. The summed E-state index contributed by atoms with van der Waals surface area (Å²) >= 11 is 6.20. The van der Waals surface area contributed by atoms with E-state index < -0.39 is 52.2 Å². The highest BCUT2D eigenvalue weighted by Gasteiger charge is 2.49. The van der Waals surface area contributed by atoms with Crippen LogP contribution in [-0.2, 0) is 19.5 Å². The van der Waals surface area contributed by atoms with Crippen LogP contribution in [0.5, 0.6) is 0 Å². The Morgan fingerprint density at radius 1 is 1.35 bits per heavy atom. The lowest BCUT2D eigenvalue weighted by atomic mass is 10.1. The van der Waals surface area contributed by atoms with E-state index in [1.54, 1.807) is 7.05 Å². The van der Waals surface area contributed by atoms with Crippen molar-refractivity contribution in [2.24, 2.45) is 16.6 Å². The van der Waals surface area contributed by atoms with Crippen molar-refractivity contribution in [2.45, 2.75) is 37.4 Å². The lowest BCUT2D eigenvalue weighted by Crippen LogP contribution is -2.46. The number of fused-ring (bicyclic) bond motifs is 1. The van der Waals surface area contributed by atoms with E-state index in [-0.39, 0.29) is 30.0 Å². The molecule has 2 aliphatic heterocycles. The van der Waals surface area contributed by atoms with E-state index >= 15 is 0 Å². The number of nitrogens with one attached hydrogen (secondary N) is 3. The van der Waals surface area contributed by atoms with Crippen LogP contribution in [0.15, 0.2) is 23.1 Å². The maximum atomic E-state index is 12.8. The molecule has 5 N–H and O–H groups in total. The summed E-state index contributed by atoms with van der Waals surface area (Å²) in [5.41, 5.74) is 5.97. The van der Waals surface area contributed by atoms with Gasteiger partial charge in [-0.1, -0.05) is 18.5 Å². The third-order valence-corrected chi connectivity index (χ3v) is 7.06. The van der Waals surface area contributed by atoms with Crippen LogP contribution in [0.25, 0.3) is 0 Å². The van der Waals surface area contributed by atoms with Crippen LogP contribution in [0.2, 0.25) is 5.02 Å². The molecular formula is C18H25ClF3N7O4S. The smallest absolute Gasteiger partial charge is 0.392 e. The predicted molar refractivity (Wildman–Crippen MR) is 120 cm³/mol. The molecule has 1 aromatic heterocycles. The summed E-state index contributed by atoms with van der Waals surface area (Å²) in [6, 6.07) is -1.28. The largest absolute Gasteiger partial charge is 0.403 e. The van der Waals surface area contributed by atoms with Crippen LogP contribution < -0.4 is 21.1 Å². The molecule has 0 bridgehead atoms. The normalized spacial score (nSPS) is 26.6. The molecule has 2 saturated heterocycles. The van der Waals surface area contributed by atoms with Gasteiger partial charge in [0.1, 0.15) is 17.2 Å². The number of aromatic nitrogens is 2. The lowest BCUT2D eigenvalue weighted by molar-refractivity contribution is -0.163. The van der Waals surface area contributed by atoms with E-state index in [0.717, 1.165) is 6.92 Å². The van der Waals surface area contributed by atoms with Crippen LogP contribution >= 0.6 is 11.6 Å². The number of aliphatic imine (C=N–C) groups is 1. The first-order valence-corrected chi connectivity index (χ1v) is 12.2. The number of hydrogen-bond acceptors (Lipinski definition) is 10. The maximum absolute atomic E-state index is 12.8. The van der Waals surface area contributed by atoms with Gasteiger partial charge in [0.25, 0.3) is 0 Å². The number of sulfonamides is 1. The van der Waals surface area contributed by atoms with Crippen LogP contribution in [0, 0.1) is 5.92 Å². The molecular weight excluding hydrogens is 503 g/mol. The molecule has 0 saturated carbocycles. The SMILES string of the molecule is CN=CC(=CN)Nc1ncc(Cl)c(NC2COC3C(NS(=O)(=O)CC(C)C(F)(F)F)COC23)n1. The second-order valence-electron chi connectivity index (χ2n) is 7.82. The predicted octanol–water partition coefficient (Wildman–Crippen LogP) is 1.11. The van der Waals surface area contributed by atoms with Gasteiger partial charge in [0, 0.05) is 19.5 Å². The van der Waals surface area contributed by atoms with Crippen molar-refractivity contribution < 1.29 is 31.1 Å². The van der Waals surface area contributed by atoms with Crippen molar-refractivity contribution in [2.75, 3.05) is 36.6 Å². The molecule has 0 aromatic carbocycles. The van der Waals surface area contributed by atoms with Crippen molar-refractivity contribution in [3.05, 3.63) is 23.1 Å². The Balaban J connectivity index is 1.64. The number of nitrogens with two attached hydrogens (primary N) is 1. The van der Waals surface area contributed by atoms with Crippen molar-refractivity contribution in [1.29, 1.82) is 0 Å². The van der Waals surface area contributed by atoms with Gasteiger partial charge in [-0.05, 0) is 0 Å². The third kappa shape index (κ3) is 6.47. The molecule has 3 rings (SSSR count). The second kappa shape index (κ2) is 10.6. The van der Waals surface area contributed by atoms with E-state index in [0.29, 0.717) is 5.70 Å². The molecule has 0 aliphatic carbocycles. The maximum Gasteiger partial charge on any atom is 0.392 e. The molecule has 190 valence electrons. The summed E-state index contributed by atoms with van der Waals surface area (Å²) in [6.45, 7) is 0.889. The summed E-state index contributed by atoms with van der Waals surface area (Å²) in [4.78, 5) is 12.2. The van der Waals surface area contributed by atoms with E-state index in [2.05, 4.69) is 30.3 Å². The van der Waals surface area contributed by atoms with Crippen LogP contribution in [0.4, 0.5) is 24.9 Å². The number of hydrogen-bond donors (Lipinski definition) is 4. The van der Waals surface area contributed by atoms with Crippen molar-refractivity contribution in [3.63, 3.8) is 0 Å². The number of anilines is 2. The Bertz CT molecular complexity index is 1040. The number of alkyl halides is 3. The molecule has 2 aliphatic rings. The van der Waals surface area contributed by atoms with Gasteiger partial charge in [-0.15, -0.1) is 0 Å². The summed E-state index contributed by atoms with van der Waals surface area (Å²) in [5.74, 6) is -2.64. The summed E-state index contributed by atoms with van der Waals surface area (Å²) in [7, 11) is -2.65. The minimum Gasteiger partial charge on any atom is -0.403 e. The van der Waals surface area contributed by atoms with E-state index in [1.807, 2.05) is 0 Å². The molecule has 16 heteroatoms. The fourth-order valence-electron chi connectivity index (χ4n) is 3.52. The van der Waals surface area contributed by atoms with Gasteiger partial charge in [-0.25, -0.2) is 18.1 Å². The number of allylic oxidation sites excluding steroid dienone is 1.